The van der Waals surface area contributed by atoms with Crippen LogP contribution in [0.25, 0.3) is 0 Å². The number of hydrogen-bond donors (Lipinski definition) is 2. The van der Waals surface area contributed by atoms with Crippen LogP contribution in [-0.4, -0.2) is 65.9 Å². The maximum Gasteiger partial charge on any atom is 0.229 e. The van der Waals surface area contributed by atoms with Crippen molar-refractivity contribution in [1.82, 2.24) is 9.97 Å². The molecule has 0 radical (unpaired) electrons. The first kappa shape index (κ1) is 29.2. The molecule has 1 aromatic heterocycles. The van der Waals surface area contributed by atoms with Crippen molar-refractivity contribution in [3.8, 4) is 0 Å². The highest BCUT2D eigenvalue weighted by Crippen LogP contribution is 2.47. The van der Waals surface area contributed by atoms with Crippen LogP contribution in [0.3, 0.4) is 0 Å². The zero-order valence-electron chi connectivity index (χ0n) is 25.4. The van der Waals surface area contributed by atoms with Crippen molar-refractivity contribution in [3.63, 3.8) is 0 Å². The molecular weight excluding hydrogens is 514 g/mol. The zero-order chi connectivity index (χ0) is 29.2. The lowest BCUT2D eigenvalue weighted by Crippen LogP contribution is -2.49. The molecule has 9 heteroatoms. The van der Waals surface area contributed by atoms with Gasteiger partial charge in [0.25, 0.3) is 0 Å². The maximum atomic E-state index is 6.49. The SMILES string of the molecule is CC.CC1(C)CC2C(CO1)c1cnc(Nc3ccc(N4CCOCC4)cc3)nc1N2C1=NC(C(C)(C)N)=CC=CC1. The van der Waals surface area contributed by atoms with E-state index in [4.69, 9.17) is 30.2 Å². The van der Waals surface area contributed by atoms with Crippen molar-refractivity contribution in [1.29, 1.82) is 0 Å². The van der Waals surface area contributed by atoms with E-state index < -0.39 is 5.54 Å². The molecule has 41 heavy (non-hydrogen) atoms. The Kier molecular flexibility index (Phi) is 8.50. The predicted molar refractivity (Wildman–Crippen MR) is 167 cm³/mol. The molecule has 3 N–H and O–H groups in total. The van der Waals surface area contributed by atoms with Gasteiger partial charge >= 0.3 is 0 Å². The van der Waals surface area contributed by atoms with E-state index in [2.05, 4.69) is 65.4 Å². The average molecular weight is 560 g/mol. The Morgan fingerprint density at radius 3 is 2.54 bits per heavy atom. The standard InChI is InChI=1S/C30H39N7O2.C2H6/c1-29(2)17-24-23(19-39-29)22-18-32-28(33-20-9-11-21(12-10-20)36-13-15-38-16-14-36)35-27(22)37(24)26-8-6-5-7-25(34-26)30(3,4)31;1-2/h5-7,9-12,18,23-24H,8,13-17,19,31H2,1-4H3,(H,32,33,35);1-2H3. The van der Waals surface area contributed by atoms with Gasteiger partial charge in [-0.05, 0) is 64.5 Å². The third-order valence-electron chi connectivity index (χ3n) is 7.95. The van der Waals surface area contributed by atoms with E-state index in [0.717, 1.165) is 61.3 Å². The van der Waals surface area contributed by atoms with Gasteiger partial charge in [-0.15, -0.1) is 0 Å². The molecule has 2 unspecified atom stereocenters. The molecule has 2 aromatic rings. The second-order valence-corrected chi connectivity index (χ2v) is 12.0. The number of aliphatic imine (C=N–C) groups is 1. The Balaban J connectivity index is 0.00000165. The number of amidine groups is 1. The number of nitrogens with zero attached hydrogens (tertiary/aromatic N) is 5. The minimum absolute atomic E-state index is 0.183. The molecular formula is C32H45N7O2. The van der Waals surface area contributed by atoms with Gasteiger partial charge in [-0.25, -0.2) is 9.98 Å². The number of rotatable bonds is 4. The molecule has 0 aliphatic carbocycles. The summed E-state index contributed by atoms with van der Waals surface area (Å²) in [6, 6.07) is 8.62. The fraction of sp³-hybridized carbons (Fsp3) is 0.531. The van der Waals surface area contributed by atoms with E-state index in [-0.39, 0.29) is 17.6 Å². The minimum Gasteiger partial charge on any atom is -0.378 e. The van der Waals surface area contributed by atoms with Crippen LogP contribution in [0.1, 0.15) is 65.9 Å². The van der Waals surface area contributed by atoms with E-state index in [1.165, 1.54) is 5.69 Å². The van der Waals surface area contributed by atoms with Crippen molar-refractivity contribution < 1.29 is 9.47 Å². The van der Waals surface area contributed by atoms with E-state index in [1.807, 2.05) is 40.0 Å². The highest BCUT2D eigenvalue weighted by Gasteiger charge is 2.48. The number of allylic oxidation sites excluding steroid dienone is 2. The molecule has 9 nitrogen and oxygen atoms in total. The second-order valence-electron chi connectivity index (χ2n) is 12.0. The normalized spacial score (nSPS) is 23.4. The van der Waals surface area contributed by atoms with Gasteiger partial charge in [0.15, 0.2) is 0 Å². The van der Waals surface area contributed by atoms with Gasteiger partial charge in [-0.2, -0.15) is 4.98 Å². The Labute approximate surface area is 244 Å². The fourth-order valence-electron chi connectivity index (χ4n) is 5.84. The molecule has 0 bridgehead atoms. The predicted octanol–water partition coefficient (Wildman–Crippen LogP) is 5.53. The number of fused-ring (bicyclic) bond motifs is 3. The molecule has 2 saturated heterocycles. The van der Waals surface area contributed by atoms with Gasteiger partial charge in [-0.1, -0.05) is 26.0 Å². The van der Waals surface area contributed by atoms with Gasteiger partial charge in [0, 0.05) is 54.6 Å². The highest BCUT2D eigenvalue weighted by atomic mass is 16.5. The average Bonchev–Trinajstić information content (AvgIpc) is 3.09. The monoisotopic (exact) mass is 559 g/mol. The summed E-state index contributed by atoms with van der Waals surface area (Å²) in [6.45, 7) is 16.3. The summed E-state index contributed by atoms with van der Waals surface area (Å²) in [5.41, 5.74) is 9.81. The van der Waals surface area contributed by atoms with Gasteiger partial charge in [0.05, 0.1) is 36.7 Å². The largest absolute Gasteiger partial charge is 0.378 e. The van der Waals surface area contributed by atoms with Crippen LogP contribution in [0.5, 0.6) is 0 Å². The third kappa shape index (κ3) is 6.32. The Bertz CT molecular complexity index is 1300. The number of hydrogen-bond acceptors (Lipinski definition) is 9. The maximum absolute atomic E-state index is 6.49. The topological polar surface area (TPSA) is 101 Å². The first-order valence-corrected chi connectivity index (χ1v) is 14.9. The first-order chi connectivity index (χ1) is 19.7. The molecule has 5 heterocycles. The molecule has 4 aliphatic rings. The molecule has 220 valence electrons. The number of morpholine rings is 1. The number of nitrogens with one attached hydrogen (secondary N) is 1. The lowest BCUT2D eigenvalue weighted by molar-refractivity contribution is -0.0654. The molecule has 0 spiro atoms. The van der Waals surface area contributed by atoms with Crippen LogP contribution < -0.4 is 20.9 Å². The number of anilines is 4. The smallest absolute Gasteiger partial charge is 0.229 e. The molecule has 0 saturated carbocycles. The number of ether oxygens (including phenoxy) is 2. The molecule has 2 atom stereocenters. The van der Waals surface area contributed by atoms with Crippen LogP contribution in [0.2, 0.25) is 0 Å². The summed E-state index contributed by atoms with van der Waals surface area (Å²) < 4.78 is 11.7. The molecule has 0 amide bonds. The Morgan fingerprint density at radius 2 is 1.83 bits per heavy atom. The summed E-state index contributed by atoms with van der Waals surface area (Å²) in [6.07, 6.45) is 9.75. The summed E-state index contributed by atoms with van der Waals surface area (Å²) in [5, 5.41) is 3.42. The van der Waals surface area contributed by atoms with Crippen LogP contribution in [0.15, 0.2) is 59.4 Å². The van der Waals surface area contributed by atoms with Crippen molar-refractivity contribution in [2.75, 3.05) is 48.0 Å². The Hall–Kier alpha value is -3.27. The molecule has 1 aromatic carbocycles. The van der Waals surface area contributed by atoms with E-state index in [1.54, 1.807) is 0 Å². The summed E-state index contributed by atoms with van der Waals surface area (Å²) in [5.74, 6) is 2.61. The quantitative estimate of drug-likeness (QED) is 0.504. The molecule has 6 rings (SSSR count). The zero-order valence-corrected chi connectivity index (χ0v) is 25.4. The fourth-order valence-corrected chi connectivity index (χ4v) is 5.84. The van der Waals surface area contributed by atoms with Crippen LogP contribution >= 0.6 is 0 Å². The van der Waals surface area contributed by atoms with E-state index in [9.17, 15) is 0 Å². The van der Waals surface area contributed by atoms with Crippen molar-refractivity contribution >= 4 is 29.0 Å². The van der Waals surface area contributed by atoms with E-state index in [0.29, 0.717) is 19.0 Å². The van der Waals surface area contributed by atoms with Gasteiger partial charge in [0.2, 0.25) is 5.95 Å². The number of benzene rings is 1. The van der Waals surface area contributed by atoms with Crippen LogP contribution in [-0.2, 0) is 9.47 Å². The van der Waals surface area contributed by atoms with Crippen molar-refractivity contribution in [2.45, 2.75) is 77.5 Å². The highest BCUT2D eigenvalue weighted by molar-refractivity contribution is 6.01. The Morgan fingerprint density at radius 1 is 1.10 bits per heavy atom. The lowest BCUT2D eigenvalue weighted by Gasteiger charge is -2.41. The molecule has 2 fully saturated rings. The third-order valence-corrected chi connectivity index (χ3v) is 7.95. The van der Waals surface area contributed by atoms with Crippen LogP contribution in [0, 0.1) is 0 Å². The lowest BCUT2D eigenvalue weighted by atomic mass is 9.85. The summed E-state index contributed by atoms with van der Waals surface area (Å²) >= 11 is 0. The van der Waals surface area contributed by atoms with E-state index >= 15 is 0 Å². The van der Waals surface area contributed by atoms with Crippen molar-refractivity contribution in [2.24, 2.45) is 10.7 Å². The van der Waals surface area contributed by atoms with Gasteiger partial charge < -0.3 is 30.3 Å². The molecule has 4 aliphatic heterocycles. The van der Waals surface area contributed by atoms with Gasteiger partial charge in [0.1, 0.15) is 11.7 Å². The first-order valence-electron chi connectivity index (χ1n) is 14.9. The minimum atomic E-state index is -0.553. The van der Waals surface area contributed by atoms with Gasteiger partial charge in [-0.3, -0.25) is 0 Å². The summed E-state index contributed by atoms with van der Waals surface area (Å²) in [7, 11) is 0. The summed E-state index contributed by atoms with van der Waals surface area (Å²) in [4.78, 5) is 19.6. The van der Waals surface area contributed by atoms with Crippen molar-refractivity contribution in [3.05, 3.63) is 60.0 Å². The van der Waals surface area contributed by atoms with Crippen LogP contribution in [0.4, 0.5) is 23.1 Å². The number of aromatic nitrogens is 2. The second kappa shape index (κ2) is 11.9. The number of nitrogens with two attached hydrogens (primary N) is 1.